The Morgan fingerprint density at radius 1 is 1.28 bits per heavy atom. The van der Waals surface area contributed by atoms with Gasteiger partial charge in [0.1, 0.15) is 17.7 Å². The summed E-state index contributed by atoms with van der Waals surface area (Å²) in [6.07, 6.45) is 4.54. The van der Waals surface area contributed by atoms with Crippen molar-refractivity contribution in [2.24, 2.45) is 16.6 Å². The molecule has 1 fully saturated rings. The van der Waals surface area contributed by atoms with E-state index in [-0.39, 0.29) is 41.9 Å². The lowest BCUT2D eigenvalue weighted by molar-refractivity contribution is -0.122. The first-order valence-electron chi connectivity index (χ1n) is 10.8. The molecule has 2 atom stereocenters. The molecule has 1 amide bonds. The number of nitrogens with two attached hydrogens (primary N) is 1. The van der Waals surface area contributed by atoms with Crippen LogP contribution in [0.1, 0.15) is 24.0 Å². The predicted molar refractivity (Wildman–Crippen MR) is 137 cm³/mol. The Bertz CT molecular complexity index is 929. The number of nitrogens with one attached hydrogen (secondary N) is 2. The smallest absolute Gasteiger partial charge is 0.222 e. The van der Waals surface area contributed by atoms with E-state index in [2.05, 4.69) is 31.6 Å². The second-order valence-corrected chi connectivity index (χ2v) is 8.03. The largest absolute Gasteiger partial charge is 0.488 e. The lowest BCUT2D eigenvalue weighted by Crippen LogP contribution is -2.43. The maximum atomic E-state index is 11.7. The summed E-state index contributed by atoms with van der Waals surface area (Å²) in [5.74, 6) is 2.21. The van der Waals surface area contributed by atoms with E-state index in [0.29, 0.717) is 25.6 Å². The Labute approximate surface area is 206 Å². The molecule has 172 valence electrons. The van der Waals surface area contributed by atoms with Crippen LogP contribution in [0.2, 0.25) is 0 Å². The van der Waals surface area contributed by atoms with Gasteiger partial charge in [0.25, 0.3) is 0 Å². The summed E-state index contributed by atoms with van der Waals surface area (Å²) in [4.78, 5) is 22.7. The summed E-state index contributed by atoms with van der Waals surface area (Å²) < 4.78 is 5.99. The topological polar surface area (TPSA) is 105 Å². The molecule has 1 saturated heterocycles. The minimum absolute atomic E-state index is 0. The lowest BCUT2D eigenvalue weighted by Gasteiger charge is -2.33. The molecule has 4 rings (SSSR count). The molecule has 9 heteroatoms. The van der Waals surface area contributed by atoms with Crippen molar-refractivity contribution in [3.05, 3.63) is 53.7 Å². The van der Waals surface area contributed by atoms with Crippen molar-refractivity contribution in [3.63, 3.8) is 0 Å². The third-order valence-electron chi connectivity index (χ3n) is 5.87. The number of amides is 1. The number of carbonyl (C=O) groups is 1. The van der Waals surface area contributed by atoms with Crippen molar-refractivity contribution < 1.29 is 9.53 Å². The SMILES string of the molecule is CN=C(NCc1cccnc1N1CCCC(C(N)=O)C1)NCC1Cc2ccccc2O1.I. The van der Waals surface area contributed by atoms with Gasteiger partial charge in [-0.25, -0.2) is 4.98 Å². The first-order valence-corrected chi connectivity index (χ1v) is 10.8. The third kappa shape index (κ3) is 5.81. The Morgan fingerprint density at radius 3 is 2.91 bits per heavy atom. The molecule has 0 radical (unpaired) electrons. The molecule has 2 unspecified atom stereocenters. The van der Waals surface area contributed by atoms with E-state index in [1.807, 2.05) is 30.3 Å². The van der Waals surface area contributed by atoms with Gasteiger partial charge in [-0.15, -0.1) is 24.0 Å². The van der Waals surface area contributed by atoms with Gasteiger partial charge in [-0.1, -0.05) is 24.3 Å². The number of guanidine groups is 1. The molecule has 4 N–H and O–H groups in total. The number of halogens is 1. The molecule has 1 aromatic heterocycles. The molecule has 0 saturated carbocycles. The van der Waals surface area contributed by atoms with Crippen LogP contribution in [0.3, 0.4) is 0 Å². The highest BCUT2D eigenvalue weighted by Gasteiger charge is 2.26. The van der Waals surface area contributed by atoms with E-state index < -0.39 is 0 Å². The minimum atomic E-state index is -0.235. The maximum Gasteiger partial charge on any atom is 0.222 e. The van der Waals surface area contributed by atoms with Crippen LogP contribution in [0.4, 0.5) is 5.82 Å². The molecule has 2 aromatic rings. The van der Waals surface area contributed by atoms with Crippen molar-refractivity contribution in [2.45, 2.75) is 31.9 Å². The zero-order valence-electron chi connectivity index (χ0n) is 18.3. The fourth-order valence-corrected chi connectivity index (χ4v) is 4.23. The molecule has 3 heterocycles. The number of ether oxygens (including phenoxy) is 1. The second-order valence-electron chi connectivity index (χ2n) is 8.03. The second kappa shape index (κ2) is 11.3. The summed E-state index contributed by atoms with van der Waals surface area (Å²) in [5.41, 5.74) is 7.84. The van der Waals surface area contributed by atoms with E-state index in [9.17, 15) is 4.79 Å². The van der Waals surface area contributed by atoms with Crippen molar-refractivity contribution in [1.29, 1.82) is 0 Å². The number of aliphatic imine (C=N–C) groups is 1. The van der Waals surface area contributed by atoms with Crippen LogP contribution in [0.15, 0.2) is 47.6 Å². The number of benzene rings is 1. The van der Waals surface area contributed by atoms with Crippen molar-refractivity contribution >= 4 is 41.7 Å². The zero-order chi connectivity index (χ0) is 21.6. The molecular formula is C23H31IN6O2. The molecule has 0 spiro atoms. The summed E-state index contributed by atoms with van der Waals surface area (Å²) in [6.45, 7) is 2.74. The zero-order valence-corrected chi connectivity index (χ0v) is 20.6. The number of aromatic nitrogens is 1. The van der Waals surface area contributed by atoms with Crippen LogP contribution < -0.4 is 26.0 Å². The number of para-hydroxylation sites is 1. The first kappa shape index (κ1) is 24.1. The normalized spacial score (nSPS) is 20.0. The average Bonchev–Trinajstić information content (AvgIpc) is 3.22. The highest BCUT2D eigenvalue weighted by Crippen LogP contribution is 2.28. The van der Waals surface area contributed by atoms with E-state index in [4.69, 9.17) is 10.5 Å². The van der Waals surface area contributed by atoms with Crippen molar-refractivity contribution in [2.75, 3.05) is 31.6 Å². The number of nitrogens with zero attached hydrogens (tertiary/aromatic N) is 3. The Kier molecular flexibility index (Phi) is 8.54. The lowest BCUT2D eigenvalue weighted by atomic mass is 9.97. The van der Waals surface area contributed by atoms with E-state index >= 15 is 0 Å². The molecule has 2 aliphatic rings. The monoisotopic (exact) mass is 550 g/mol. The fourth-order valence-electron chi connectivity index (χ4n) is 4.23. The van der Waals surface area contributed by atoms with Gasteiger partial charge in [-0.3, -0.25) is 9.79 Å². The van der Waals surface area contributed by atoms with Crippen LogP contribution in [0, 0.1) is 5.92 Å². The molecule has 0 bridgehead atoms. The predicted octanol–water partition coefficient (Wildman–Crippen LogP) is 2.07. The van der Waals surface area contributed by atoms with Gasteiger partial charge in [0, 0.05) is 44.9 Å². The van der Waals surface area contributed by atoms with E-state index in [0.717, 1.165) is 42.9 Å². The summed E-state index contributed by atoms with van der Waals surface area (Å²) in [6, 6.07) is 12.1. The summed E-state index contributed by atoms with van der Waals surface area (Å²) in [5, 5.41) is 6.73. The van der Waals surface area contributed by atoms with Crippen molar-refractivity contribution in [3.8, 4) is 5.75 Å². The Morgan fingerprint density at radius 2 is 2.12 bits per heavy atom. The summed E-state index contributed by atoms with van der Waals surface area (Å²) in [7, 11) is 1.76. The number of hydrogen-bond donors (Lipinski definition) is 3. The number of fused-ring (bicyclic) bond motifs is 1. The standard InChI is InChI=1S/C23H30N6O2.HI/c1-25-23(28-14-19-12-16-6-2-3-9-20(16)31-19)27-13-17-7-4-10-26-22(17)29-11-5-8-18(15-29)21(24)30;/h2-4,6-7,9-10,18-19H,5,8,11-15H2,1H3,(H2,24,30)(H2,25,27,28);1H. The van der Waals surface area contributed by atoms with Crippen molar-refractivity contribution in [1.82, 2.24) is 15.6 Å². The highest BCUT2D eigenvalue weighted by atomic mass is 127. The highest BCUT2D eigenvalue weighted by molar-refractivity contribution is 14.0. The van der Waals surface area contributed by atoms with Crippen LogP contribution in [0.25, 0.3) is 0 Å². The number of anilines is 1. The van der Waals surface area contributed by atoms with Gasteiger partial charge in [0.15, 0.2) is 5.96 Å². The number of pyridine rings is 1. The Balaban J connectivity index is 0.00000289. The Hall–Kier alpha value is -2.56. The fraction of sp³-hybridized carbons (Fsp3) is 0.435. The van der Waals surface area contributed by atoms with Gasteiger partial charge in [-0.2, -0.15) is 0 Å². The number of hydrogen-bond acceptors (Lipinski definition) is 5. The molecular weight excluding hydrogens is 519 g/mol. The van der Waals surface area contributed by atoms with Gasteiger partial charge in [-0.05, 0) is 30.5 Å². The number of carbonyl (C=O) groups excluding carboxylic acids is 1. The van der Waals surface area contributed by atoms with Crippen LogP contribution in [-0.2, 0) is 17.8 Å². The van der Waals surface area contributed by atoms with E-state index in [1.54, 1.807) is 13.2 Å². The third-order valence-corrected chi connectivity index (χ3v) is 5.87. The maximum absolute atomic E-state index is 11.7. The van der Waals surface area contributed by atoms with Crippen LogP contribution >= 0.6 is 24.0 Å². The molecule has 0 aliphatic carbocycles. The molecule has 32 heavy (non-hydrogen) atoms. The quantitative estimate of drug-likeness (QED) is 0.289. The van der Waals surface area contributed by atoms with Gasteiger partial charge < -0.3 is 26.0 Å². The number of rotatable bonds is 6. The number of primary amides is 1. The molecule has 2 aliphatic heterocycles. The van der Waals surface area contributed by atoms with Gasteiger partial charge in [0.2, 0.25) is 5.91 Å². The van der Waals surface area contributed by atoms with Gasteiger partial charge in [0.05, 0.1) is 12.5 Å². The summed E-state index contributed by atoms with van der Waals surface area (Å²) >= 11 is 0. The van der Waals surface area contributed by atoms with Gasteiger partial charge >= 0.3 is 0 Å². The van der Waals surface area contributed by atoms with Crippen LogP contribution in [-0.4, -0.2) is 49.6 Å². The first-order chi connectivity index (χ1) is 15.1. The van der Waals surface area contributed by atoms with E-state index in [1.165, 1.54) is 5.56 Å². The number of piperidine rings is 1. The molecule has 8 nitrogen and oxygen atoms in total. The minimum Gasteiger partial charge on any atom is -0.488 e. The molecule has 1 aromatic carbocycles. The average molecular weight is 550 g/mol. The van der Waals surface area contributed by atoms with Crippen LogP contribution in [0.5, 0.6) is 5.75 Å².